The lowest BCUT2D eigenvalue weighted by Gasteiger charge is -2.33. The summed E-state index contributed by atoms with van der Waals surface area (Å²) in [5, 5.41) is 9.57. The number of ether oxygens (including phenoxy) is 1. The second kappa shape index (κ2) is 6.61. The van der Waals surface area contributed by atoms with Crippen molar-refractivity contribution < 1.29 is 4.74 Å². The molecule has 3 aromatic heterocycles. The molecule has 0 amide bonds. The largest absolute Gasteiger partial charge is 0.490 e. The predicted octanol–water partition coefficient (Wildman–Crippen LogP) is 1.67. The topological polar surface area (TPSA) is 82.5 Å². The molecule has 0 unspecified atom stereocenters. The Morgan fingerprint density at radius 2 is 1.93 bits per heavy atom. The Labute approximate surface area is 167 Å². The van der Waals surface area contributed by atoms with E-state index in [1.54, 1.807) is 7.05 Å². The van der Waals surface area contributed by atoms with E-state index in [1.807, 2.05) is 49.2 Å². The van der Waals surface area contributed by atoms with Gasteiger partial charge in [-0.2, -0.15) is 10.1 Å². The van der Waals surface area contributed by atoms with E-state index < -0.39 is 0 Å². The molecular formula is C20H23N7O2. The summed E-state index contributed by atoms with van der Waals surface area (Å²) in [7, 11) is 3.57. The first-order valence-corrected chi connectivity index (χ1v) is 9.76. The third kappa shape index (κ3) is 3.02. The highest BCUT2D eigenvalue weighted by Crippen LogP contribution is 2.26. The van der Waals surface area contributed by atoms with Gasteiger partial charge < -0.3 is 9.64 Å². The fraction of sp³-hybridized carbons (Fsp3) is 0.400. The van der Waals surface area contributed by atoms with Crippen LogP contribution in [0.1, 0.15) is 18.4 Å². The van der Waals surface area contributed by atoms with Gasteiger partial charge in [0.05, 0.1) is 11.7 Å². The highest BCUT2D eigenvalue weighted by atomic mass is 16.5. The number of hydrogen-bond acceptors (Lipinski definition) is 6. The van der Waals surface area contributed by atoms with E-state index in [9.17, 15) is 4.79 Å². The van der Waals surface area contributed by atoms with Gasteiger partial charge in [-0.25, -0.2) is 13.9 Å². The van der Waals surface area contributed by atoms with Crippen molar-refractivity contribution in [3.63, 3.8) is 0 Å². The second-order valence-corrected chi connectivity index (χ2v) is 7.62. The van der Waals surface area contributed by atoms with Crippen molar-refractivity contribution >= 4 is 22.5 Å². The molecule has 1 saturated heterocycles. The van der Waals surface area contributed by atoms with Gasteiger partial charge in [-0.05, 0) is 25.1 Å². The summed E-state index contributed by atoms with van der Waals surface area (Å²) >= 11 is 0. The normalized spacial score (nSPS) is 15.5. The van der Waals surface area contributed by atoms with Gasteiger partial charge >= 0.3 is 5.69 Å². The Hall–Kier alpha value is -3.36. The van der Waals surface area contributed by atoms with Crippen molar-refractivity contribution in [1.29, 1.82) is 0 Å². The summed E-state index contributed by atoms with van der Waals surface area (Å²) in [5.41, 5.74) is 1.88. The van der Waals surface area contributed by atoms with Crippen molar-refractivity contribution in [2.75, 3.05) is 18.0 Å². The summed E-state index contributed by atoms with van der Waals surface area (Å²) in [6.45, 7) is 3.68. The van der Waals surface area contributed by atoms with Crippen molar-refractivity contribution in [2.24, 2.45) is 14.1 Å². The molecule has 9 nitrogen and oxygen atoms in total. The van der Waals surface area contributed by atoms with Gasteiger partial charge in [0.15, 0.2) is 0 Å². The molecule has 5 rings (SSSR count). The molecule has 1 aliphatic heterocycles. The molecular weight excluding hydrogens is 370 g/mol. The number of benzene rings is 1. The Balaban J connectivity index is 1.30. The average molecular weight is 393 g/mol. The molecule has 0 N–H and O–H groups in total. The number of piperidine rings is 1. The predicted molar refractivity (Wildman–Crippen MR) is 110 cm³/mol. The molecule has 9 heteroatoms. The van der Waals surface area contributed by atoms with Crippen molar-refractivity contribution in [1.82, 2.24) is 28.9 Å². The summed E-state index contributed by atoms with van der Waals surface area (Å²) in [5.74, 6) is 2.20. The average Bonchev–Trinajstić information content (AvgIpc) is 3.22. The van der Waals surface area contributed by atoms with Gasteiger partial charge in [0.25, 0.3) is 5.78 Å². The third-order valence-electron chi connectivity index (χ3n) is 5.58. The lowest BCUT2D eigenvalue weighted by Crippen LogP contribution is -2.39. The van der Waals surface area contributed by atoms with Gasteiger partial charge in [0, 0.05) is 57.2 Å². The Bertz CT molecular complexity index is 1260. The summed E-state index contributed by atoms with van der Waals surface area (Å²) < 4.78 is 10.9. The molecule has 1 fully saturated rings. The van der Waals surface area contributed by atoms with Crippen molar-refractivity contribution in [3.05, 3.63) is 46.6 Å². The number of rotatable bonds is 3. The molecule has 0 saturated carbocycles. The third-order valence-corrected chi connectivity index (χ3v) is 5.58. The van der Waals surface area contributed by atoms with E-state index in [0.29, 0.717) is 5.78 Å². The van der Waals surface area contributed by atoms with E-state index in [-0.39, 0.29) is 11.8 Å². The number of anilines is 1. The summed E-state index contributed by atoms with van der Waals surface area (Å²) in [4.78, 5) is 18.9. The summed E-state index contributed by atoms with van der Waals surface area (Å²) in [6, 6.07) is 6.10. The number of hydrogen-bond donors (Lipinski definition) is 0. The smallest absolute Gasteiger partial charge is 0.351 e. The van der Waals surface area contributed by atoms with Gasteiger partial charge in [0.1, 0.15) is 17.7 Å². The minimum Gasteiger partial charge on any atom is -0.490 e. The molecule has 4 heterocycles. The van der Waals surface area contributed by atoms with E-state index in [4.69, 9.17) is 4.74 Å². The molecule has 4 aromatic rings. The standard InChI is InChI=1S/C20H23N7O2/c1-13-12-27-19(23-25(3)20(27)28)22-18(13)26-8-6-15(7-9-26)29-16-4-5-17-14(10-16)11-21-24(17)2/h4-5,10-12,15H,6-9H2,1-3H3. The van der Waals surface area contributed by atoms with Crippen LogP contribution in [0.4, 0.5) is 5.82 Å². The molecule has 1 aliphatic rings. The molecule has 0 bridgehead atoms. The highest BCUT2D eigenvalue weighted by Gasteiger charge is 2.23. The van der Waals surface area contributed by atoms with Crippen molar-refractivity contribution in [2.45, 2.75) is 25.9 Å². The Morgan fingerprint density at radius 1 is 1.14 bits per heavy atom. The first-order chi connectivity index (χ1) is 14.0. The monoisotopic (exact) mass is 393 g/mol. The van der Waals surface area contributed by atoms with E-state index >= 15 is 0 Å². The van der Waals surface area contributed by atoms with Crippen LogP contribution < -0.4 is 15.3 Å². The van der Waals surface area contributed by atoms with E-state index in [0.717, 1.165) is 54.0 Å². The summed E-state index contributed by atoms with van der Waals surface area (Å²) in [6.07, 6.45) is 5.66. The van der Waals surface area contributed by atoms with Crippen LogP contribution in [-0.4, -0.2) is 48.1 Å². The fourth-order valence-electron chi connectivity index (χ4n) is 4.00. The maximum atomic E-state index is 12.1. The minimum absolute atomic E-state index is 0.168. The molecule has 29 heavy (non-hydrogen) atoms. The molecule has 0 aliphatic carbocycles. The maximum absolute atomic E-state index is 12.1. The zero-order chi connectivity index (χ0) is 20.1. The number of fused-ring (bicyclic) bond motifs is 2. The van der Waals surface area contributed by atoms with Gasteiger partial charge in [-0.3, -0.25) is 4.68 Å². The van der Waals surface area contributed by atoms with Crippen LogP contribution in [0.15, 0.2) is 35.4 Å². The van der Waals surface area contributed by atoms with Crippen LogP contribution in [-0.2, 0) is 14.1 Å². The first-order valence-electron chi connectivity index (χ1n) is 9.76. The Morgan fingerprint density at radius 3 is 2.72 bits per heavy atom. The van der Waals surface area contributed by atoms with Crippen LogP contribution >= 0.6 is 0 Å². The molecule has 1 aromatic carbocycles. The van der Waals surface area contributed by atoms with Crippen LogP contribution in [0.3, 0.4) is 0 Å². The quantitative estimate of drug-likeness (QED) is 0.527. The molecule has 0 spiro atoms. The fourth-order valence-corrected chi connectivity index (χ4v) is 4.00. The number of aromatic nitrogens is 6. The lowest BCUT2D eigenvalue weighted by molar-refractivity contribution is 0.171. The maximum Gasteiger partial charge on any atom is 0.351 e. The van der Waals surface area contributed by atoms with Gasteiger partial charge in [-0.15, -0.1) is 5.10 Å². The molecule has 0 atom stereocenters. The van der Waals surface area contributed by atoms with Crippen LogP contribution in [0, 0.1) is 6.92 Å². The van der Waals surface area contributed by atoms with Gasteiger partial charge in [0.2, 0.25) is 0 Å². The van der Waals surface area contributed by atoms with E-state index in [1.165, 1.54) is 9.08 Å². The zero-order valence-electron chi connectivity index (χ0n) is 16.7. The minimum atomic E-state index is -0.181. The van der Waals surface area contributed by atoms with Crippen LogP contribution in [0.2, 0.25) is 0 Å². The first kappa shape index (κ1) is 17.7. The second-order valence-electron chi connectivity index (χ2n) is 7.62. The number of aryl methyl sites for hydroxylation is 3. The lowest BCUT2D eigenvalue weighted by atomic mass is 10.1. The van der Waals surface area contributed by atoms with Gasteiger partial charge in [-0.1, -0.05) is 0 Å². The molecule has 0 radical (unpaired) electrons. The Kier molecular flexibility index (Phi) is 4.04. The van der Waals surface area contributed by atoms with Crippen molar-refractivity contribution in [3.8, 4) is 5.75 Å². The van der Waals surface area contributed by atoms with E-state index in [2.05, 4.69) is 20.1 Å². The van der Waals surface area contributed by atoms with Crippen LogP contribution in [0.5, 0.6) is 5.75 Å². The van der Waals surface area contributed by atoms with Crippen LogP contribution in [0.25, 0.3) is 16.7 Å². The number of nitrogens with zero attached hydrogens (tertiary/aromatic N) is 7. The molecule has 150 valence electrons. The zero-order valence-corrected chi connectivity index (χ0v) is 16.7. The SMILES string of the molecule is Cc1cn2c(=O)n(C)nc2nc1N1CCC(Oc2ccc3c(cnn3C)c2)CC1. The highest BCUT2D eigenvalue weighted by molar-refractivity contribution is 5.80.